The molecule has 2 aliphatic rings. The molecule has 0 aliphatic heterocycles. The molecule has 152 valence electrons. The number of hydrogen-bond donors (Lipinski definition) is 2. The summed E-state index contributed by atoms with van der Waals surface area (Å²) in [6.07, 6.45) is 7.21. The largest absolute Gasteiger partial charge is 0.411 e. The van der Waals surface area contributed by atoms with Gasteiger partial charge in [0.2, 0.25) is 5.91 Å². The Bertz CT molecular complexity index is 1030. The first-order valence-electron chi connectivity index (χ1n) is 10.5. The Labute approximate surface area is 174 Å². The molecule has 5 rings (SSSR count). The third-order valence-electron chi connectivity index (χ3n) is 6.68. The molecule has 3 aromatic rings. The van der Waals surface area contributed by atoms with Gasteiger partial charge >= 0.3 is 0 Å². The molecule has 2 heterocycles. The maximum Gasteiger partial charge on any atom is 0.277 e. The van der Waals surface area contributed by atoms with Crippen molar-refractivity contribution < 1.29 is 9.21 Å². The van der Waals surface area contributed by atoms with E-state index in [1.807, 2.05) is 37.4 Å². The number of aromatic nitrogens is 3. The molecule has 0 radical (unpaired) electrons. The number of amides is 1. The van der Waals surface area contributed by atoms with Crippen molar-refractivity contribution in [1.82, 2.24) is 20.5 Å². The predicted octanol–water partition coefficient (Wildman–Crippen LogP) is 4.64. The van der Waals surface area contributed by atoms with Crippen LogP contribution in [-0.4, -0.2) is 32.4 Å². The molecule has 2 N–H and O–H groups in total. The molecule has 1 aromatic carbocycles. The number of nitrogens with one attached hydrogen (secondary N) is 2. The molecule has 5 atom stereocenters. The summed E-state index contributed by atoms with van der Waals surface area (Å²) in [6, 6.07) is 8.22. The van der Waals surface area contributed by atoms with E-state index in [0.717, 1.165) is 28.3 Å². The molecule has 0 unspecified atom stereocenters. The second kappa shape index (κ2) is 7.52. The van der Waals surface area contributed by atoms with Crippen molar-refractivity contribution >= 4 is 28.6 Å². The van der Waals surface area contributed by atoms with Gasteiger partial charge in [-0.1, -0.05) is 36.4 Å². The number of carbonyl (C=O) groups excluding carboxylic acids is 1. The van der Waals surface area contributed by atoms with E-state index < -0.39 is 0 Å². The SMILES string of the molecule is C[C@H](NC(=O)[C@@H](C)Sc1nnc(-c2c[nH]c3ccccc23)o1)[C@H]1C[C@@H]2CC[C@@H]1C2. The Morgan fingerprint density at radius 2 is 2.10 bits per heavy atom. The Hall–Kier alpha value is -2.28. The van der Waals surface area contributed by atoms with Crippen LogP contribution in [0.2, 0.25) is 0 Å². The highest BCUT2D eigenvalue weighted by Gasteiger charge is 2.42. The zero-order valence-corrected chi connectivity index (χ0v) is 17.5. The first kappa shape index (κ1) is 18.7. The van der Waals surface area contributed by atoms with Crippen molar-refractivity contribution in [3.63, 3.8) is 0 Å². The number of rotatable bonds is 6. The van der Waals surface area contributed by atoms with Crippen LogP contribution in [0.25, 0.3) is 22.4 Å². The van der Waals surface area contributed by atoms with Crippen molar-refractivity contribution in [2.24, 2.45) is 17.8 Å². The number of carbonyl (C=O) groups is 1. The van der Waals surface area contributed by atoms with Crippen molar-refractivity contribution in [2.75, 3.05) is 0 Å². The van der Waals surface area contributed by atoms with Crippen LogP contribution in [-0.2, 0) is 4.79 Å². The van der Waals surface area contributed by atoms with E-state index in [0.29, 0.717) is 17.0 Å². The molecule has 2 saturated carbocycles. The van der Waals surface area contributed by atoms with Gasteiger partial charge in [-0.05, 0) is 56.9 Å². The van der Waals surface area contributed by atoms with Crippen LogP contribution in [0.4, 0.5) is 0 Å². The highest BCUT2D eigenvalue weighted by Crippen LogP contribution is 2.49. The Morgan fingerprint density at radius 3 is 2.90 bits per heavy atom. The summed E-state index contributed by atoms with van der Waals surface area (Å²) in [6.45, 7) is 4.05. The number of para-hydroxylation sites is 1. The second-order valence-corrected chi connectivity index (χ2v) is 9.81. The van der Waals surface area contributed by atoms with Gasteiger partial charge < -0.3 is 14.7 Å². The molecule has 2 aliphatic carbocycles. The zero-order chi connectivity index (χ0) is 20.0. The Balaban J connectivity index is 1.22. The van der Waals surface area contributed by atoms with Gasteiger partial charge in [0.05, 0.1) is 10.8 Å². The molecule has 2 aromatic heterocycles. The van der Waals surface area contributed by atoms with Gasteiger partial charge in [0.15, 0.2) is 0 Å². The van der Waals surface area contributed by atoms with Gasteiger partial charge in [-0.25, -0.2) is 0 Å². The lowest BCUT2D eigenvalue weighted by atomic mass is 9.84. The van der Waals surface area contributed by atoms with Crippen molar-refractivity contribution in [3.05, 3.63) is 30.5 Å². The second-order valence-electron chi connectivity index (χ2n) is 8.52. The van der Waals surface area contributed by atoms with Gasteiger partial charge in [-0.3, -0.25) is 4.79 Å². The molecule has 1 amide bonds. The fraction of sp³-hybridized carbons (Fsp3) is 0.500. The van der Waals surface area contributed by atoms with Crippen LogP contribution in [0.1, 0.15) is 39.5 Å². The molecule has 0 saturated heterocycles. The lowest BCUT2D eigenvalue weighted by Crippen LogP contribution is -2.43. The quantitative estimate of drug-likeness (QED) is 0.579. The van der Waals surface area contributed by atoms with Crippen LogP contribution in [0, 0.1) is 17.8 Å². The zero-order valence-electron chi connectivity index (χ0n) is 16.7. The highest BCUT2D eigenvalue weighted by atomic mass is 32.2. The first-order valence-corrected chi connectivity index (χ1v) is 11.3. The number of nitrogens with zero attached hydrogens (tertiary/aromatic N) is 2. The number of H-pyrrole nitrogens is 1. The van der Waals surface area contributed by atoms with E-state index >= 15 is 0 Å². The number of aromatic amines is 1. The van der Waals surface area contributed by atoms with Crippen LogP contribution < -0.4 is 5.32 Å². The van der Waals surface area contributed by atoms with Gasteiger partial charge in [-0.2, -0.15) is 0 Å². The van der Waals surface area contributed by atoms with Crippen molar-refractivity contribution in [2.45, 2.75) is 56.0 Å². The number of fused-ring (bicyclic) bond motifs is 3. The topological polar surface area (TPSA) is 83.8 Å². The number of benzene rings is 1. The molecular weight excluding hydrogens is 384 g/mol. The van der Waals surface area contributed by atoms with Crippen LogP contribution in [0.15, 0.2) is 40.1 Å². The third-order valence-corrected chi connectivity index (χ3v) is 7.61. The fourth-order valence-electron chi connectivity index (χ4n) is 5.17. The minimum Gasteiger partial charge on any atom is -0.411 e. The Morgan fingerprint density at radius 1 is 1.24 bits per heavy atom. The minimum absolute atomic E-state index is 0.0390. The standard InChI is InChI=1S/C22H26N4O2S/c1-12(17-10-14-7-8-15(17)9-14)24-20(27)13(2)29-22-26-25-21(28-22)18-11-23-19-6-4-3-5-16(18)19/h3-6,11-15,17,23H,7-10H2,1-2H3,(H,24,27)/t12-,13+,14+,15+,17+/m0/s1. The molecule has 7 heteroatoms. The average Bonchev–Trinajstić information content (AvgIpc) is 3.50. The van der Waals surface area contributed by atoms with Gasteiger partial charge in [0.25, 0.3) is 11.1 Å². The average molecular weight is 411 g/mol. The minimum atomic E-state index is -0.285. The predicted molar refractivity (Wildman–Crippen MR) is 113 cm³/mol. The molecule has 2 fully saturated rings. The summed E-state index contributed by atoms with van der Waals surface area (Å²) >= 11 is 1.31. The molecule has 6 nitrogen and oxygen atoms in total. The summed E-state index contributed by atoms with van der Waals surface area (Å²) in [5.41, 5.74) is 1.90. The van der Waals surface area contributed by atoms with Gasteiger partial charge in [-0.15, -0.1) is 10.2 Å². The Kier molecular flexibility index (Phi) is 4.86. The smallest absolute Gasteiger partial charge is 0.277 e. The lowest BCUT2D eigenvalue weighted by molar-refractivity contribution is -0.121. The summed E-state index contributed by atoms with van der Waals surface area (Å²) < 4.78 is 5.84. The van der Waals surface area contributed by atoms with E-state index in [4.69, 9.17) is 4.42 Å². The van der Waals surface area contributed by atoms with Gasteiger partial charge in [0.1, 0.15) is 0 Å². The van der Waals surface area contributed by atoms with Gasteiger partial charge in [0, 0.05) is 23.1 Å². The fourth-order valence-corrected chi connectivity index (χ4v) is 5.87. The normalized spacial score (nSPS) is 25.4. The van der Waals surface area contributed by atoms with E-state index in [2.05, 4.69) is 27.4 Å². The van der Waals surface area contributed by atoms with Crippen molar-refractivity contribution in [1.29, 1.82) is 0 Å². The van der Waals surface area contributed by atoms with Crippen LogP contribution >= 0.6 is 11.8 Å². The maximum absolute atomic E-state index is 12.7. The molecule has 29 heavy (non-hydrogen) atoms. The summed E-state index contributed by atoms with van der Waals surface area (Å²) in [5.74, 6) is 2.82. The van der Waals surface area contributed by atoms with E-state index in [-0.39, 0.29) is 17.2 Å². The maximum atomic E-state index is 12.7. The summed E-state index contributed by atoms with van der Waals surface area (Å²) in [7, 11) is 0. The van der Waals surface area contributed by atoms with E-state index in [1.165, 1.54) is 37.4 Å². The summed E-state index contributed by atoms with van der Waals surface area (Å²) in [5, 5.41) is 12.7. The summed E-state index contributed by atoms with van der Waals surface area (Å²) in [4.78, 5) is 15.9. The number of hydrogen-bond acceptors (Lipinski definition) is 5. The number of thioether (sulfide) groups is 1. The van der Waals surface area contributed by atoms with Crippen LogP contribution in [0.5, 0.6) is 0 Å². The highest BCUT2D eigenvalue weighted by molar-refractivity contribution is 8.00. The molecular formula is C22H26N4O2S. The lowest BCUT2D eigenvalue weighted by Gasteiger charge is -2.29. The van der Waals surface area contributed by atoms with E-state index in [1.54, 1.807) is 0 Å². The monoisotopic (exact) mass is 410 g/mol. The molecule has 0 spiro atoms. The molecule has 2 bridgehead atoms. The van der Waals surface area contributed by atoms with Crippen LogP contribution in [0.3, 0.4) is 0 Å². The van der Waals surface area contributed by atoms with Crippen molar-refractivity contribution in [3.8, 4) is 11.5 Å². The third kappa shape index (κ3) is 3.56. The first-order chi connectivity index (χ1) is 14.1. The van der Waals surface area contributed by atoms with E-state index in [9.17, 15) is 4.79 Å².